The molecule has 3 nitrogen and oxygen atoms in total. The first-order valence-electron chi connectivity index (χ1n) is 6.96. The highest BCUT2D eigenvalue weighted by atomic mass is 16.3. The molecule has 0 saturated heterocycles. The average Bonchev–Trinajstić information content (AvgIpc) is 2.63. The van der Waals surface area contributed by atoms with Crippen molar-refractivity contribution in [3.05, 3.63) is 41.2 Å². The fourth-order valence-electron chi connectivity index (χ4n) is 3.31. The fourth-order valence-corrected chi connectivity index (χ4v) is 3.31. The summed E-state index contributed by atoms with van der Waals surface area (Å²) in [7, 11) is 0. The Morgan fingerprint density at radius 1 is 1.16 bits per heavy atom. The third-order valence-electron chi connectivity index (χ3n) is 4.39. The van der Waals surface area contributed by atoms with E-state index in [-0.39, 0.29) is 11.7 Å². The lowest BCUT2D eigenvalue weighted by Crippen LogP contribution is -2.46. The van der Waals surface area contributed by atoms with Gasteiger partial charge in [0.1, 0.15) is 5.76 Å². The van der Waals surface area contributed by atoms with Crippen LogP contribution in [0.1, 0.15) is 43.2 Å². The van der Waals surface area contributed by atoms with E-state index in [1.165, 1.54) is 6.42 Å². The standard InChI is InChI=1S/C16H19NO2/c1-11-7-3-4-8-12(11)13-14(18)16(17-15(13)19)9-5-2-6-10-16/h3-4,7-8,18H,2,5-6,9-10H2,1H3,(H,17,19). The predicted molar refractivity (Wildman–Crippen MR) is 74.7 cm³/mol. The highest BCUT2D eigenvalue weighted by Gasteiger charge is 2.46. The Morgan fingerprint density at radius 3 is 2.53 bits per heavy atom. The Balaban J connectivity index is 2.09. The van der Waals surface area contributed by atoms with E-state index in [9.17, 15) is 9.90 Å². The van der Waals surface area contributed by atoms with Crippen LogP contribution in [0.15, 0.2) is 30.0 Å². The second kappa shape index (κ2) is 4.41. The molecule has 1 saturated carbocycles. The van der Waals surface area contributed by atoms with Crippen LogP contribution in [0.25, 0.3) is 5.57 Å². The molecule has 2 N–H and O–H groups in total. The zero-order chi connectivity index (χ0) is 13.5. The van der Waals surface area contributed by atoms with Gasteiger partial charge in [0.25, 0.3) is 5.91 Å². The Bertz CT molecular complexity index is 554. The molecule has 3 rings (SSSR count). The number of amides is 1. The summed E-state index contributed by atoms with van der Waals surface area (Å²) in [5.41, 5.74) is 1.85. The Hall–Kier alpha value is -1.77. The predicted octanol–water partition coefficient (Wildman–Crippen LogP) is 3.10. The largest absolute Gasteiger partial charge is 0.509 e. The Labute approximate surface area is 113 Å². The number of hydrogen-bond acceptors (Lipinski definition) is 2. The van der Waals surface area contributed by atoms with Gasteiger partial charge >= 0.3 is 0 Å². The highest BCUT2D eigenvalue weighted by molar-refractivity contribution is 6.23. The zero-order valence-corrected chi connectivity index (χ0v) is 11.2. The molecular formula is C16H19NO2. The van der Waals surface area contributed by atoms with Gasteiger partial charge in [0.15, 0.2) is 0 Å². The third kappa shape index (κ3) is 1.84. The smallest absolute Gasteiger partial charge is 0.256 e. The lowest BCUT2D eigenvalue weighted by atomic mass is 9.80. The second-order valence-corrected chi connectivity index (χ2v) is 5.64. The normalized spacial score (nSPS) is 21.8. The quantitative estimate of drug-likeness (QED) is 0.812. The molecule has 1 amide bonds. The molecule has 0 atom stereocenters. The lowest BCUT2D eigenvalue weighted by Gasteiger charge is -2.33. The summed E-state index contributed by atoms with van der Waals surface area (Å²) in [5, 5.41) is 13.6. The number of aliphatic hydroxyl groups is 1. The van der Waals surface area contributed by atoms with Crippen molar-refractivity contribution in [3.8, 4) is 0 Å². The van der Waals surface area contributed by atoms with Crippen molar-refractivity contribution in [1.82, 2.24) is 5.32 Å². The van der Waals surface area contributed by atoms with E-state index < -0.39 is 5.54 Å². The molecule has 1 aliphatic heterocycles. The van der Waals surface area contributed by atoms with Crippen molar-refractivity contribution >= 4 is 11.5 Å². The molecular weight excluding hydrogens is 238 g/mol. The maximum Gasteiger partial charge on any atom is 0.256 e. The summed E-state index contributed by atoms with van der Waals surface area (Å²) < 4.78 is 0. The summed E-state index contributed by atoms with van der Waals surface area (Å²) in [6.07, 6.45) is 5.00. The number of nitrogens with one attached hydrogen (secondary N) is 1. The summed E-state index contributed by atoms with van der Waals surface area (Å²) in [6.45, 7) is 1.97. The molecule has 1 fully saturated rings. The number of benzene rings is 1. The minimum Gasteiger partial charge on any atom is -0.509 e. The van der Waals surface area contributed by atoms with Crippen molar-refractivity contribution in [2.75, 3.05) is 0 Å². The number of carbonyl (C=O) groups excluding carboxylic acids is 1. The van der Waals surface area contributed by atoms with Gasteiger partial charge in [-0.3, -0.25) is 4.79 Å². The number of hydrogen-bond donors (Lipinski definition) is 2. The molecule has 1 heterocycles. The van der Waals surface area contributed by atoms with Gasteiger partial charge in [0.05, 0.1) is 11.1 Å². The van der Waals surface area contributed by atoms with Gasteiger partial charge in [-0.2, -0.15) is 0 Å². The van der Waals surface area contributed by atoms with Crippen LogP contribution >= 0.6 is 0 Å². The molecule has 1 aromatic carbocycles. The third-order valence-corrected chi connectivity index (χ3v) is 4.39. The molecule has 2 aliphatic rings. The maximum absolute atomic E-state index is 12.3. The van der Waals surface area contributed by atoms with Crippen molar-refractivity contribution in [3.63, 3.8) is 0 Å². The van der Waals surface area contributed by atoms with Gasteiger partial charge in [-0.25, -0.2) is 0 Å². The topological polar surface area (TPSA) is 49.3 Å². The molecule has 1 aliphatic carbocycles. The Morgan fingerprint density at radius 2 is 1.84 bits per heavy atom. The first kappa shape index (κ1) is 12.3. The number of carbonyl (C=O) groups is 1. The zero-order valence-electron chi connectivity index (χ0n) is 11.2. The van der Waals surface area contributed by atoms with Crippen LogP contribution in [0.2, 0.25) is 0 Å². The molecule has 19 heavy (non-hydrogen) atoms. The van der Waals surface area contributed by atoms with E-state index in [0.717, 1.165) is 36.8 Å². The van der Waals surface area contributed by atoms with Gasteiger partial charge in [-0.05, 0) is 30.9 Å². The van der Waals surface area contributed by atoms with Crippen molar-refractivity contribution in [1.29, 1.82) is 0 Å². The molecule has 3 heteroatoms. The van der Waals surface area contributed by atoms with E-state index in [4.69, 9.17) is 0 Å². The van der Waals surface area contributed by atoms with Gasteiger partial charge in [0, 0.05) is 0 Å². The van der Waals surface area contributed by atoms with Crippen LogP contribution in [0.3, 0.4) is 0 Å². The Kier molecular flexibility index (Phi) is 2.85. The summed E-state index contributed by atoms with van der Waals surface area (Å²) >= 11 is 0. The number of rotatable bonds is 1. The van der Waals surface area contributed by atoms with Crippen LogP contribution in [0.4, 0.5) is 0 Å². The molecule has 0 bridgehead atoms. The van der Waals surface area contributed by atoms with Crippen molar-refractivity contribution in [2.24, 2.45) is 0 Å². The number of aryl methyl sites for hydroxylation is 1. The van der Waals surface area contributed by atoms with Gasteiger partial charge in [-0.1, -0.05) is 43.5 Å². The lowest BCUT2D eigenvalue weighted by molar-refractivity contribution is -0.116. The van der Waals surface area contributed by atoms with Gasteiger partial charge in [-0.15, -0.1) is 0 Å². The van der Waals surface area contributed by atoms with Gasteiger partial charge in [0.2, 0.25) is 0 Å². The van der Waals surface area contributed by atoms with E-state index in [2.05, 4.69) is 5.32 Å². The summed E-state index contributed by atoms with van der Waals surface area (Å²) in [5.74, 6) is 0.125. The SMILES string of the molecule is Cc1ccccc1C1=C(O)C2(CCCCC2)NC1=O. The second-order valence-electron chi connectivity index (χ2n) is 5.64. The fraction of sp³-hybridized carbons (Fsp3) is 0.438. The molecule has 0 unspecified atom stereocenters. The maximum atomic E-state index is 12.3. The van der Waals surface area contributed by atoms with Crippen LogP contribution < -0.4 is 5.32 Å². The first-order chi connectivity index (χ1) is 9.14. The molecule has 0 aromatic heterocycles. The van der Waals surface area contributed by atoms with Crippen molar-refractivity contribution < 1.29 is 9.90 Å². The van der Waals surface area contributed by atoms with Gasteiger partial charge < -0.3 is 10.4 Å². The summed E-state index contributed by atoms with van der Waals surface area (Å²) in [6, 6.07) is 7.72. The highest BCUT2D eigenvalue weighted by Crippen LogP contribution is 2.41. The number of aliphatic hydroxyl groups excluding tert-OH is 1. The monoisotopic (exact) mass is 257 g/mol. The van der Waals surface area contributed by atoms with Crippen LogP contribution in [-0.4, -0.2) is 16.6 Å². The van der Waals surface area contributed by atoms with E-state index >= 15 is 0 Å². The average molecular weight is 257 g/mol. The molecule has 100 valence electrons. The van der Waals surface area contributed by atoms with E-state index in [1.807, 2.05) is 31.2 Å². The molecule has 1 spiro atoms. The van der Waals surface area contributed by atoms with E-state index in [0.29, 0.717) is 5.57 Å². The molecule has 1 aromatic rings. The molecule has 0 radical (unpaired) electrons. The van der Waals surface area contributed by atoms with Crippen molar-refractivity contribution in [2.45, 2.75) is 44.6 Å². The minimum absolute atomic E-state index is 0.131. The minimum atomic E-state index is -0.493. The van der Waals surface area contributed by atoms with E-state index in [1.54, 1.807) is 0 Å². The van der Waals surface area contributed by atoms with Crippen LogP contribution in [0.5, 0.6) is 0 Å². The van der Waals surface area contributed by atoms with Crippen LogP contribution in [-0.2, 0) is 4.79 Å². The van der Waals surface area contributed by atoms with Crippen LogP contribution in [0, 0.1) is 6.92 Å². The summed E-state index contributed by atoms with van der Waals surface area (Å²) in [4.78, 5) is 12.3. The first-order valence-corrected chi connectivity index (χ1v) is 6.96.